The largest absolute Gasteiger partial charge is 0.326 e. The van der Waals surface area contributed by atoms with Crippen molar-refractivity contribution in [1.29, 1.82) is 0 Å². The molecular formula is C11H12BrClFNO. The van der Waals surface area contributed by atoms with Crippen molar-refractivity contribution < 1.29 is 9.18 Å². The SMILES string of the molecule is Cc1cc(Br)c(F)cc1NC(=O)CCCCl. The van der Waals surface area contributed by atoms with E-state index in [-0.39, 0.29) is 5.91 Å². The lowest BCUT2D eigenvalue weighted by molar-refractivity contribution is -0.116. The van der Waals surface area contributed by atoms with Gasteiger partial charge < -0.3 is 5.32 Å². The molecule has 0 aliphatic rings. The van der Waals surface area contributed by atoms with E-state index in [0.29, 0.717) is 28.9 Å². The Morgan fingerprint density at radius 1 is 1.56 bits per heavy atom. The van der Waals surface area contributed by atoms with Gasteiger partial charge in [0.1, 0.15) is 5.82 Å². The van der Waals surface area contributed by atoms with Crippen LogP contribution in [0.2, 0.25) is 0 Å². The highest BCUT2D eigenvalue weighted by molar-refractivity contribution is 9.10. The highest BCUT2D eigenvalue weighted by Gasteiger charge is 2.08. The second kappa shape index (κ2) is 6.21. The third-order valence-electron chi connectivity index (χ3n) is 2.08. The lowest BCUT2D eigenvalue weighted by atomic mass is 10.2. The Bertz CT molecular complexity index is 398. The van der Waals surface area contributed by atoms with E-state index < -0.39 is 5.82 Å². The Hall–Kier alpha value is -0.610. The molecule has 0 heterocycles. The zero-order valence-electron chi connectivity index (χ0n) is 8.82. The summed E-state index contributed by atoms with van der Waals surface area (Å²) < 4.78 is 13.6. The van der Waals surface area contributed by atoms with Crippen molar-refractivity contribution in [1.82, 2.24) is 0 Å². The molecule has 1 amide bonds. The fourth-order valence-electron chi connectivity index (χ4n) is 1.22. The summed E-state index contributed by atoms with van der Waals surface area (Å²) in [6.07, 6.45) is 0.964. The van der Waals surface area contributed by atoms with Gasteiger partial charge >= 0.3 is 0 Å². The third-order valence-corrected chi connectivity index (χ3v) is 2.95. The van der Waals surface area contributed by atoms with Gasteiger partial charge in [0.2, 0.25) is 5.91 Å². The van der Waals surface area contributed by atoms with Crippen LogP contribution in [-0.2, 0) is 4.79 Å². The average molecular weight is 309 g/mol. The molecule has 1 N–H and O–H groups in total. The number of aryl methyl sites for hydroxylation is 1. The number of anilines is 1. The van der Waals surface area contributed by atoms with Crippen LogP contribution in [0.15, 0.2) is 16.6 Å². The van der Waals surface area contributed by atoms with E-state index in [2.05, 4.69) is 21.2 Å². The van der Waals surface area contributed by atoms with Gasteiger partial charge in [0.25, 0.3) is 0 Å². The predicted molar refractivity (Wildman–Crippen MR) is 67.4 cm³/mol. The summed E-state index contributed by atoms with van der Waals surface area (Å²) in [6.45, 7) is 1.81. The predicted octanol–water partition coefficient (Wildman–Crippen LogP) is 3.85. The molecule has 0 aromatic heterocycles. The number of alkyl halides is 1. The van der Waals surface area contributed by atoms with E-state index in [4.69, 9.17) is 11.6 Å². The summed E-state index contributed by atoms with van der Waals surface area (Å²) >= 11 is 8.56. The van der Waals surface area contributed by atoms with Crippen molar-refractivity contribution in [3.8, 4) is 0 Å². The molecule has 0 aliphatic carbocycles. The van der Waals surface area contributed by atoms with Crippen molar-refractivity contribution in [2.75, 3.05) is 11.2 Å². The molecule has 0 atom stereocenters. The summed E-state index contributed by atoms with van der Waals surface area (Å²) in [7, 11) is 0. The highest BCUT2D eigenvalue weighted by Crippen LogP contribution is 2.24. The van der Waals surface area contributed by atoms with E-state index in [0.717, 1.165) is 5.56 Å². The molecule has 0 aliphatic heterocycles. The number of carbonyl (C=O) groups excluding carboxylic acids is 1. The van der Waals surface area contributed by atoms with Gasteiger partial charge in [0, 0.05) is 18.0 Å². The number of benzene rings is 1. The van der Waals surface area contributed by atoms with Crippen LogP contribution in [0.1, 0.15) is 18.4 Å². The minimum atomic E-state index is -0.391. The third kappa shape index (κ3) is 3.76. The number of halogens is 3. The van der Waals surface area contributed by atoms with Crippen molar-refractivity contribution in [2.45, 2.75) is 19.8 Å². The number of nitrogens with one attached hydrogen (secondary N) is 1. The average Bonchev–Trinajstić information content (AvgIpc) is 2.23. The van der Waals surface area contributed by atoms with Gasteiger partial charge in [-0.05, 0) is 47.0 Å². The molecule has 5 heteroatoms. The number of hydrogen-bond donors (Lipinski definition) is 1. The highest BCUT2D eigenvalue weighted by atomic mass is 79.9. The maximum atomic E-state index is 13.2. The molecule has 1 rings (SSSR count). The first-order chi connectivity index (χ1) is 7.54. The molecule has 0 saturated heterocycles. The Balaban J connectivity index is 2.73. The van der Waals surface area contributed by atoms with Gasteiger partial charge in [-0.2, -0.15) is 0 Å². The minimum absolute atomic E-state index is 0.148. The molecular weight excluding hydrogens is 296 g/mol. The zero-order chi connectivity index (χ0) is 12.1. The molecule has 0 unspecified atom stereocenters. The minimum Gasteiger partial charge on any atom is -0.326 e. The maximum Gasteiger partial charge on any atom is 0.224 e. The summed E-state index contributed by atoms with van der Waals surface area (Å²) in [6, 6.07) is 2.94. The van der Waals surface area contributed by atoms with E-state index in [1.165, 1.54) is 6.07 Å². The van der Waals surface area contributed by atoms with Crippen LogP contribution in [0.5, 0.6) is 0 Å². The molecule has 0 bridgehead atoms. The summed E-state index contributed by atoms with van der Waals surface area (Å²) in [5, 5.41) is 2.65. The second-order valence-electron chi connectivity index (χ2n) is 3.42. The van der Waals surface area contributed by atoms with Gasteiger partial charge in [-0.3, -0.25) is 4.79 Å². The van der Waals surface area contributed by atoms with Gasteiger partial charge in [-0.25, -0.2) is 4.39 Å². The van der Waals surface area contributed by atoms with Crippen molar-refractivity contribution in [3.63, 3.8) is 0 Å². The normalized spacial score (nSPS) is 10.2. The van der Waals surface area contributed by atoms with Crippen LogP contribution in [0.4, 0.5) is 10.1 Å². The Morgan fingerprint density at radius 2 is 2.25 bits per heavy atom. The summed E-state index contributed by atoms with van der Waals surface area (Å²) in [4.78, 5) is 11.4. The zero-order valence-corrected chi connectivity index (χ0v) is 11.2. The first-order valence-corrected chi connectivity index (χ1v) is 6.19. The molecule has 0 radical (unpaired) electrons. The number of rotatable bonds is 4. The molecule has 2 nitrogen and oxygen atoms in total. The molecule has 1 aromatic rings. The van der Waals surface area contributed by atoms with Gasteiger partial charge in [0.05, 0.1) is 4.47 Å². The molecule has 0 fully saturated rings. The van der Waals surface area contributed by atoms with Crippen molar-refractivity contribution in [2.24, 2.45) is 0 Å². The molecule has 16 heavy (non-hydrogen) atoms. The molecule has 1 aromatic carbocycles. The Morgan fingerprint density at radius 3 is 2.88 bits per heavy atom. The van der Waals surface area contributed by atoms with E-state index in [1.54, 1.807) is 13.0 Å². The van der Waals surface area contributed by atoms with Gasteiger partial charge in [-0.15, -0.1) is 11.6 Å². The lowest BCUT2D eigenvalue weighted by Crippen LogP contribution is -2.12. The maximum absolute atomic E-state index is 13.2. The monoisotopic (exact) mass is 307 g/mol. The van der Waals surface area contributed by atoms with Crippen LogP contribution in [0.3, 0.4) is 0 Å². The molecule has 88 valence electrons. The molecule has 0 spiro atoms. The van der Waals surface area contributed by atoms with Gasteiger partial charge in [0.15, 0.2) is 0 Å². The lowest BCUT2D eigenvalue weighted by Gasteiger charge is -2.09. The number of hydrogen-bond acceptors (Lipinski definition) is 1. The van der Waals surface area contributed by atoms with Crippen LogP contribution < -0.4 is 5.32 Å². The quantitative estimate of drug-likeness (QED) is 0.841. The van der Waals surface area contributed by atoms with E-state index >= 15 is 0 Å². The van der Waals surface area contributed by atoms with E-state index in [9.17, 15) is 9.18 Å². The smallest absolute Gasteiger partial charge is 0.224 e. The molecule has 0 saturated carbocycles. The van der Waals surface area contributed by atoms with Gasteiger partial charge in [-0.1, -0.05) is 0 Å². The van der Waals surface area contributed by atoms with Crippen molar-refractivity contribution in [3.05, 3.63) is 28.0 Å². The van der Waals surface area contributed by atoms with Crippen LogP contribution in [-0.4, -0.2) is 11.8 Å². The summed E-state index contributed by atoms with van der Waals surface area (Å²) in [5.41, 5.74) is 1.31. The van der Waals surface area contributed by atoms with Crippen LogP contribution in [0, 0.1) is 12.7 Å². The first kappa shape index (κ1) is 13.5. The summed E-state index contributed by atoms with van der Waals surface area (Å²) in [5.74, 6) is -0.0927. The fraction of sp³-hybridized carbons (Fsp3) is 0.364. The Labute approximate surface area is 107 Å². The standard InChI is InChI=1S/C11H12BrClFNO/c1-7-5-8(12)9(14)6-10(7)15-11(16)3-2-4-13/h5-6H,2-4H2,1H3,(H,15,16). The fourth-order valence-corrected chi connectivity index (χ4v) is 1.81. The topological polar surface area (TPSA) is 29.1 Å². The van der Waals surface area contributed by atoms with Crippen molar-refractivity contribution >= 4 is 39.1 Å². The van der Waals surface area contributed by atoms with E-state index in [1.807, 2.05) is 0 Å². The number of carbonyl (C=O) groups is 1. The first-order valence-electron chi connectivity index (χ1n) is 4.86. The Kier molecular flexibility index (Phi) is 5.22. The number of amides is 1. The second-order valence-corrected chi connectivity index (χ2v) is 4.65. The van der Waals surface area contributed by atoms with Crippen LogP contribution in [0.25, 0.3) is 0 Å². The van der Waals surface area contributed by atoms with Crippen LogP contribution >= 0.6 is 27.5 Å².